The highest BCUT2D eigenvalue weighted by Crippen LogP contribution is 2.11. The van der Waals surface area contributed by atoms with Crippen molar-refractivity contribution in [2.24, 2.45) is 5.92 Å². The van der Waals surface area contributed by atoms with Gasteiger partial charge in [-0.2, -0.15) is 0 Å². The van der Waals surface area contributed by atoms with Gasteiger partial charge in [-0.15, -0.1) is 0 Å². The first-order chi connectivity index (χ1) is 7.86. The molecular formula is C12H23N3O. The molecule has 0 unspecified atom stereocenters. The topological polar surface area (TPSA) is 44.4 Å². The van der Waals surface area contributed by atoms with E-state index in [0.29, 0.717) is 0 Å². The Morgan fingerprint density at radius 1 is 1.25 bits per heavy atom. The Kier molecular flexibility index (Phi) is 4.60. The number of amides is 1. The zero-order valence-electron chi connectivity index (χ0n) is 10.0. The summed E-state index contributed by atoms with van der Waals surface area (Å²) in [6.45, 7) is 6.25. The third-order valence-corrected chi connectivity index (χ3v) is 3.64. The number of nitrogens with zero attached hydrogens (tertiary/aromatic N) is 1. The van der Waals surface area contributed by atoms with Crippen LogP contribution in [0.25, 0.3) is 0 Å². The second-order valence-electron chi connectivity index (χ2n) is 4.86. The standard InChI is InChI=1S/C12H23N3O/c16-12(11-3-5-13-6-4-11)14-7-10-15-8-1-2-9-15/h11,13H,1-10H2,(H,14,16). The van der Waals surface area contributed by atoms with Gasteiger partial charge in [0.05, 0.1) is 0 Å². The lowest BCUT2D eigenvalue weighted by atomic mass is 9.97. The van der Waals surface area contributed by atoms with Crippen LogP contribution in [0.2, 0.25) is 0 Å². The van der Waals surface area contributed by atoms with Crippen LogP contribution in [0.1, 0.15) is 25.7 Å². The average molecular weight is 225 g/mol. The van der Waals surface area contributed by atoms with Crippen molar-refractivity contribution in [3.05, 3.63) is 0 Å². The largest absolute Gasteiger partial charge is 0.355 e. The lowest BCUT2D eigenvalue weighted by molar-refractivity contribution is -0.125. The number of hydrogen-bond donors (Lipinski definition) is 2. The first-order valence-corrected chi connectivity index (χ1v) is 6.57. The summed E-state index contributed by atoms with van der Waals surface area (Å²) in [5.74, 6) is 0.514. The molecule has 0 atom stereocenters. The predicted molar refractivity (Wildman–Crippen MR) is 64.3 cm³/mol. The van der Waals surface area contributed by atoms with Crippen LogP contribution in [0, 0.1) is 5.92 Å². The summed E-state index contributed by atoms with van der Waals surface area (Å²) in [5.41, 5.74) is 0. The van der Waals surface area contributed by atoms with Crippen LogP contribution in [-0.2, 0) is 4.79 Å². The van der Waals surface area contributed by atoms with Crippen LogP contribution in [0.4, 0.5) is 0 Å². The van der Waals surface area contributed by atoms with Gasteiger partial charge in [-0.1, -0.05) is 0 Å². The normalized spacial score (nSPS) is 23.5. The fraction of sp³-hybridized carbons (Fsp3) is 0.917. The molecule has 2 aliphatic heterocycles. The first-order valence-electron chi connectivity index (χ1n) is 6.57. The molecule has 1 amide bonds. The molecule has 2 N–H and O–H groups in total. The predicted octanol–water partition coefficient (Wildman–Crippen LogP) is 0.198. The van der Waals surface area contributed by atoms with Gasteiger partial charge in [0.15, 0.2) is 0 Å². The number of piperidine rings is 1. The zero-order valence-corrected chi connectivity index (χ0v) is 10.0. The fourth-order valence-electron chi connectivity index (χ4n) is 2.57. The molecule has 92 valence electrons. The van der Waals surface area contributed by atoms with Crippen LogP contribution in [0.3, 0.4) is 0 Å². The lowest BCUT2D eigenvalue weighted by Gasteiger charge is -2.22. The van der Waals surface area contributed by atoms with Crippen LogP contribution in [-0.4, -0.2) is 50.1 Å². The van der Waals surface area contributed by atoms with Gasteiger partial charge in [0.1, 0.15) is 0 Å². The number of carbonyl (C=O) groups is 1. The number of likely N-dealkylation sites (tertiary alicyclic amines) is 1. The van der Waals surface area contributed by atoms with E-state index >= 15 is 0 Å². The monoisotopic (exact) mass is 225 g/mol. The van der Waals surface area contributed by atoms with Gasteiger partial charge in [-0.05, 0) is 51.9 Å². The maximum atomic E-state index is 11.8. The van der Waals surface area contributed by atoms with E-state index in [-0.39, 0.29) is 11.8 Å². The summed E-state index contributed by atoms with van der Waals surface area (Å²) < 4.78 is 0. The summed E-state index contributed by atoms with van der Waals surface area (Å²) in [7, 11) is 0. The Balaban J connectivity index is 1.59. The molecule has 2 heterocycles. The van der Waals surface area contributed by atoms with Crippen molar-refractivity contribution in [3.8, 4) is 0 Å². The molecule has 0 spiro atoms. The second-order valence-corrected chi connectivity index (χ2v) is 4.86. The van der Waals surface area contributed by atoms with Gasteiger partial charge >= 0.3 is 0 Å². The van der Waals surface area contributed by atoms with Crippen molar-refractivity contribution < 1.29 is 4.79 Å². The molecule has 0 aromatic carbocycles. The minimum Gasteiger partial charge on any atom is -0.355 e. The summed E-state index contributed by atoms with van der Waals surface area (Å²) in [6.07, 6.45) is 4.63. The van der Waals surface area contributed by atoms with Crippen LogP contribution >= 0.6 is 0 Å². The molecule has 2 fully saturated rings. The lowest BCUT2D eigenvalue weighted by Crippen LogP contribution is -2.40. The summed E-state index contributed by atoms with van der Waals surface area (Å²) in [6, 6.07) is 0. The van der Waals surface area contributed by atoms with Crippen molar-refractivity contribution in [1.29, 1.82) is 0 Å². The smallest absolute Gasteiger partial charge is 0.223 e. The molecule has 0 saturated carbocycles. The second kappa shape index (κ2) is 6.21. The number of hydrogen-bond acceptors (Lipinski definition) is 3. The molecule has 2 saturated heterocycles. The highest BCUT2D eigenvalue weighted by Gasteiger charge is 2.20. The van der Waals surface area contributed by atoms with Crippen LogP contribution < -0.4 is 10.6 Å². The quantitative estimate of drug-likeness (QED) is 0.718. The van der Waals surface area contributed by atoms with Crippen molar-refractivity contribution >= 4 is 5.91 Å². The third kappa shape index (κ3) is 3.46. The molecule has 16 heavy (non-hydrogen) atoms. The Hall–Kier alpha value is -0.610. The van der Waals surface area contributed by atoms with Gasteiger partial charge in [0.25, 0.3) is 0 Å². The van der Waals surface area contributed by atoms with Crippen molar-refractivity contribution in [1.82, 2.24) is 15.5 Å². The van der Waals surface area contributed by atoms with Crippen molar-refractivity contribution in [3.63, 3.8) is 0 Å². The van der Waals surface area contributed by atoms with Gasteiger partial charge in [-0.3, -0.25) is 4.79 Å². The molecule has 0 aromatic heterocycles. The van der Waals surface area contributed by atoms with E-state index in [1.54, 1.807) is 0 Å². The molecule has 2 rings (SSSR count). The molecule has 0 aromatic rings. The molecule has 0 bridgehead atoms. The van der Waals surface area contributed by atoms with Gasteiger partial charge < -0.3 is 15.5 Å². The van der Waals surface area contributed by atoms with E-state index in [9.17, 15) is 4.79 Å². The summed E-state index contributed by atoms with van der Waals surface area (Å²) in [5, 5.41) is 6.35. The Bertz CT molecular complexity index is 220. The number of rotatable bonds is 4. The van der Waals surface area contributed by atoms with Crippen molar-refractivity contribution in [2.75, 3.05) is 39.3 Å². The highest BCUT2D eigenvalue weighted by atomic mass is 16.1. The van der Waals surface area contributed by atoms with Crippen LogP contribution in [0.15, 0.2) is 0 Å². The highest BCUT2D eigenvalue weighted by molar-refractivity contribution is 5.78. The first kappa shape index (κ1) is 11.9. The molecule has 0 radical (unpaired) electrons. The van der Waals surface area contributed by atoms with Gasteiger partial charge in [-0.25, -0.2) is 0 Å². The number of nitrogens with one attached hydrogen (secondary N) is 2. The van der Waals surface area contributed by atoms with E-state index < -0.39 is 0 Å². The molecule has 4 heteroatoms. The Labute approximate surface area is 97.8 Å². The summed E-state index contributed by atoms with van der Waals surface area (Å²) >= 11 is 0. The third-order valence-electron chi connectivity index (χ3n) is 3.64. The molecule has 2 aliphatic rings. The van der Waals surface area contributed by atoms with E-state index in [1.165, 1.54) is 25.9 Å². The van der Waals surface area contributed by atoms with Gasteiger partial charge in [0.2, 0.25) is 5.91 Å². The maximum absolute atomic E-state index is 11.8. The van der Waals surface area contributed by atoms with Gasteiger partial charge in [0, 0.05) is 19.0 Å². The molecule has 4 nitrogen and oxygen atoms in total. The van der Waals surface area contributed by atoms with Crippen LogP contribution in [0.5, 0.6) is 0 Å². The SMILES string of the molecule is O=C(NCCN1CCCC1)C1CCNCC1. The van der Waals surface area contributed by atoms with E-state index in [0.717, 1.165) is 39.0 Å². The number of carbonyl (C=O) groups excluding carboxylic acids is 1. The Morgan fingerprint density at radius 2 is 1.94 bits per heavy atom. The van der Waals surface area contributed by atoms with E-state index in [2.05, 4.69) is 15.5 Å². The summed E-state index contributed by atoms with van der Waals surface area (Å²) in [4.78, 5) is 14.2. The molecular weight excluding hydrogens is 202 g/mol. The minimum absolute atomic E-state index is 0.250. The minimum atomic E-state index is 0.250. The van der Waals surface area contributed by atoms with E-state index in [1.807, 2.05) is 0 Å². The fourth-order valence-corrected chi connectivity index (χ4v) is 2.57. The molecule has 0 aliphatic carbocycles. The zero-order chi connectivity index (χ0) is 11.2. The van der Waals surface area contributed by atoms with E-state index in [4.69, 9.17) is 0 Å². The maximum Gasteiger partial charge on any atom is 0.223 e. The van der Waals surface area contributed by atoms with Crippen molar-refractivity contribution in [2.45, 2.75) is 25.7 Å². The average Bonchev–Trinajstić information content (AvgIpc) is 2.83. The Morgan fingerprint density at radius 3 is 2.62 bits per heavy atom.